The summed E-state index contributed by atoms with van der Waals surface area (Å²) in [6.07, 6.45) is 2.87. The van der Waals surface area contributed by atoms with E-state index in [1.807, 2.05) is 0 Å². The molecule has 0 saturated heterocycles. The lowest BCUT2D eigenvalue weighted by Gasteiger charge is -2.10. The second kappa shape index (κ2) is 3.99. The average molecular weight is 256 g/mol. The van der Waals surface area contributed by atoms with Crippen LogP contribution in [0.5, 0.6) is 0 Å². The molecule has 92 valence electrons. The Morgan fingerprint density at radius 2 is 2.06 bits per heavy atom. The number of benzene rings is 1. The van der Waals surface area contributed by atoms with Gasteiger partial charge in [-0.15, -0.1) is 0 Å². The molecule has 0 aromatic heterocycles. The Labute approximate surface area is 98.7 Å². The summed E-state index contributed by atoms with van der Waals surface area (Å²) in [6.45, 7) is 0. The lowest BCUT2D eigenvalue weighted by Crippen LogP contribution is -2.10. The molecule has 1 aliphatic rings. The second-order valence-corrected chi connectivity index (χ2v) is 6.08. The molecule has 1 saturated carbocycles. The van der Waals surface area contributed by atoms with Gasteiger partial charge in [-0.2, -0.15) is 0 Å². The maximum Gasteiger partial charge on any atom is 0.293 e. The molecule has 0 radical (unpaired) electrons. The highest BCUT2D eigenvalue weighted by molar-refractivity contribution is 7.90. The van der Waals surface area contributed by atoms with Gasteiger partial charge in [0.1, 0.15) is 5.69 Å². The van der Waals surface area contributed by atoms with Crippen molar-refractivity contribution in [3.05, 3.63) is 28.3 Å². The fourth-order valence-corrected chi connectivity index (χ4v) is 2.42. The van der Waals surface area contributed by atoms with E-state index in [0.717, 1.165) is 19.1 Å². The number of para-hydroxylation sites is 1. The van der Waals surface area contributed by atoms with Crippen molar-refractivity contribution in [1.82, 2.24) is 0 Å². The minimum absolute atomic E-state index is 0.0152. The van der Waals surface area contributed by atoms with Crippen LogP contribution in [0.3, 0.4) is 0 Å². The molecule has 1 aliphatic carbocycles. The zero-order valence-corrected chi connectivity index (χ0v) is 10.0. The van der Waals surface area contributed by atoms with Gasteiger partial charge in [-0.25, -0.2) is 8.42 Å². The van der Waals surface area contributed by atoms with Gasteiger partial charge in [-0.3, -0.25) is 10.1 Å². The van der Waals surface area contributed by atoms with Gasteiger partial charge in [0.15, 0.2) is 9.84 Å². The number of sulfone groups is 1. The predicted molar refractivity (Wildman–Crippen MR) is 62.9 cm³/mol. The summed E-state index contributed by atoms with van der Waals surface area (Å²) in [5.74, 6) is 0. The zero-order chi connectivity index (χ0) is 12.6. The SMILES string of the molecule is CS(=O)(=O)c1cccc([N+](=O)[O-])c1NC1CC1. The fourth-order valence-electron chi connectivity index (χ4n) is 1.56. The Morgan fingerprint density at radius 3 is 2.53 bits per heavy atom. The molecule has 17 heavy (non-hydrogen) atoms. The lowest BCUT2D eigenvalue weighted by molar-refractivity contribution is -0.384. The summed E-state index contributed by atoms with van der Waals surface area (Å²) >= 11 is 0. The highest BCUT2D eigenvalue weighted by Gasteiger charge is 2.29. The van der Waals surface area contributed by atoms with E-state index in [2.05, 4.69) is 5.32 Å². The van der Waals surface area contributed by atoms with Crippen molar-refractivity contribution >= 4 is 21.2 Å². The molecule has 1 fully saturated rings. The first kappa shape index (κ1) is 11.8. The van der Waals surface area contributed by atoms with Crippen LogP contribution in [0.2, 0.25) is 0 Å². The molecule has 0 amide bonds. The van der Waals surface area contributed by atoms with E-state index in [9.17, 15) is 18.5 Å². The molecule has 0 heterocycles. The summed E-state index contributed by atoms with van der Waals surface area (Å²) in [7, 11) is -3.47. The predicted octanol–water partition coefficient (Wildman–Crippen LogP) is 1.57. The first-order chi connectivity index (χ1) is 7.89. The maximum absolute atomic E-state index is 11.6. The smallest absolute Gasteiger partial charge is 0.293 e. The molecule has 0 atom stereocenters. The Kier molecular flexibility index (Phi) is 2.78. The van der Waals surface area contributed by atoms with Crippen LogP contribution in [-0.4, -0.2) is 25.6 Å². The third-order valence-corrected chi connectivity index (χ3v) is 3.67. The maximum atomic E-state index is 11.6. The van der Waals surface area contributed by atoms with Crippen molar-refractivity contribution in [3.8, 4) is 0 Å². The number of rotatable bonds is 4. The topological polar surface area (TPSA) is 89.3 Å². The summed E-state index contributed by atoms with van der Waals surface area (Å²) in [5, 5.41) is 13.8. The van der Waals surface area contributed by atoms with E-state index in [-0.39, 0.29) is 22.3 Å². The van der Waals surface area contributed by atoms with E-state index in [4.69, 9.17) is 0 Å². The van der Waals surface area contributed by atoms with Crippen LogP contribution < -0.4 is 5.32 Å². The minimum Gasteiger partial charge on any atom is -0.376 e. The Bertz CT molecular complexity index is 564. The molecular weight excluding hydrogens is 244 g/mol. The summed E-state index contributed by atoms with van der Waals surface area (Å²) in [6, 6.07) is 4.22. The van der Waals surface area contributed by atoms with Crippen LogP contribution in [0, 0.1) is 10.1 Å². The summed E-state index contributed by atoms with van der Waals surface area (Å²) < 4.78 is 23.1. The van der Waals surface area contributed by atoms with E-state index in [0.29, 0.717) is 0 Å². The van der Waals surface area contributed by atoms with Crippen LogP contribution >= 0.6 is 0 Å². The van der Waals surface area contributed by atoms with Gasteiger partial charge in [-0.1, -0.05) is 6.07 Å². The van der Waals surface area contributed by atoms with E-state index in [1.54, 1.807) is 0 Å². The normalized spacial score (nSPS) is 15.6. The van der Waals surface area contributed by atoms with Crippen molar-refractivity contribution in [2.45, 2.75) is 23.8 Å². The fraction of sp³-hybridized carbons (Fsp3) is 0.400. The van der Waals surface area contributed by atoms with Gasteiger partial charge in [0.05, 0.1) is 9.82 Å². The number of anilines is 1. The van der Waals surface area contributed by atoms with Crippen LogP contribution in [0.1, 0.15) is 12.8 Å². The van der Waals surface area contributed by atoms with Crippen molar-refractivity contribution in [2.75, 3.05) is 11.6 Å². The summed E-state index contributed by atoms with van der Waals surface area (Å²) in [5.41, 5.74) is -0.0812. The van der Waals surface area contributed by atoms with Gasteiger partial charge in [0.2, 0.25) is 0 Å². The third kappa shape index (κ3) is 2.55. The van der Waals surface area contributed by atoms with E-state index >= 15 is 0 Å². The largest absolute Gasteiger partial charge is 0.376 e. The standard InChI is InChI=1S/C10H12N2O4S/c1-17(15,16)9-4-2-3-8(12(13)14)10(9)11-7-5-6-7/h2-4,7,11H,5-6H2,1H3. The average Bonchev–Trinajstić information content (AvgIpc) is 3.00. The molecule has 0 aliphatic heterocycles. The molecule has 1 aromatic carbocycles. The molecule has 0 unspecified atom stereocenters. The molecule has 0 spiro atoms. The molecule has 2 rings (SSSR count). The number of nitro benzene ring substituents is 1. The Morgan fingerprint density at radius 1 is 1.41 bits per heavy atom. The molecule has 7 heteroatoms. The van der Waals surface area contributed by atoms with E-state index in [1.165, 1.54) is 18.2 Å². The highest BCUT2D eigenvalue weighted by atomic mass is 32.2. The van der Waals surface area contributed by atoms with Crippen molar-refractivity contribution in [3.63, 3.8) is 0 Å². The number of hydrogen-bond acceptors (Lipinski definition) is 5. The van der Waals surface area contributed by atoms with Crippen molar-refractivity contribution in [1.29, 1.82) is 0 Å². The minimum atomic E-state index is -3.47. The van der Waals surface area contributed by atoms with Gasteiger partial charge in [0, 0.05) is 18.4 Å². The number of nitrogens with zero attached hydrogens (tertiary/aromatic N) is 1. The number of nitro groups is 1. The van der Waals surface area contributed by atoms with Crippen molar-refractivity contribution < 1.29 is 13.3 Å². The molecular formula is C10H12N2O4S. The van der Waals surface area contributed by atoms with Crippen LogP contribution in [0.15, 0.2) is 23.1 Å². The van der Waals surface area contributed by atoms with Crippen LogP contribution in [-0.2, 0) is 9.84 Å². The van der Waals surface area contributed by atoms with Gasteiger partial charge in [-0.05, 0) is 18.9 Å². The quantitative estimate of drug-likeness (QED) is 0.652. The summed E-state index contributed by atoms with van der Waals surface area (Å²) in [4.78, 5) is 10.3. The molecule has 1 N–H and O–H groups in total. The molecule has 1 aromatic rings. The van der Waals surface area contributed by atoms with Gasteiger partial charge >= 0.3 is 0 Å². The Balaban J connectivity index is 2.57. The third-order valence-electron chi connectivity index (χ3n) is 2.53. The first-order valence-corrected chi connectivity index (χ1v) is 7.03. The van der Waals surface area contributed by atoms with Crippen molar-refractivity contribution in [2.24, 2.45) is 0 Å². The van der Waals surface area contributed by atoms with Crippen LogP contribution in [0.25, 0.3) is 0 Å². The first-order valence-electron chi connectivity index (χ1n) is 5.13. The van der Waals surface area contributed by atoms with E-state index < -0.39 is 14.8 Å². The van der Waals surface area contributed by atoms with Gasteiger partial charge < -0.3 is 5.32 Å². The Hall–Kier alpha value is -1.63. The molecule has 6 nitrogen and oxygen atoms in total. The monoisotopic (exact) mass is 256 g/mol. The van der Waals surface area contributed by atoms with Crippen LogP contribution in [0.4, 0.5) is 11.4 Å². The highest BCUT2D eigenvalue weighted by Crippen LogP contribution is 2.35. The number of hydrogen-bond donors (Lipinski definition) is 1. The zero-order valence-electron chi connectivity index (χ0n) is 9.21. The number of nitrogens with one attached hydrogen (secondary N) is 1. The van der Waals surface area contributed by atoms with Gasteiger partial charge in [0.25, 0.3) is 5.69 Å². The molecule has 0 bridgehead atoms. The lowest BCUT2D eigenvalue weighted by atomic mass is 10.2. The second-order valence-electron chi connectivity index (χ2n) is 4.10.